The first-order valence-electron chi connectivity index (χ1n) is 4.41. The van der Waals surface area contributed by atoms with Gasteiger partial charge in [0.05, 0.1) is 0 Å². The topological polar surface area (TPSA) is 46.2 Å². The van der Waals surface area contributed by atoms with Crippen LogP contribution in [0.2, 0.25) is 0 Å². The second-order valence-electron chi connectivity index (χ2n) is 3.18. The van der Waals surface area contributed by atoms with E-state index in [4.69, 9.17) is 5.73 Å². The summed E-state index contributed by atoms with van der Waals surface area (Å²) in [6, 6.07) is 14.9. The molecule has 0 amide bonds. The van der Waals surface area contributed by atoms with Gasteiger partial charge in [-0.1, -0.05) is 30.3 Å². The molecule has 0 bridgehead atoms. The van der Waals surface area contributed by atoms with Crippen molar-refractivity contribution in [3.63, 3.8) is 0 Å². The van der Waals surface area contributed by atoms with Crippen LogP contribution in [-0.4, -0.2) is 5.11 Å². The van der Waals surface area contributed by atoms with E-state index in [-0.39, 0.29) is 5.75 Å². The molecule has 2 heteroatoms. The quantitative estimate of drug-likeness (QED) is 0.671. The Balaban J connectivity index is 2.52. The lowest BCUT2D eigenvalue weighted by atomic mass is 10.1. The molecule has 2 aromatic rings. The molecular weight excluding hydrogens is 174 g/mol. The Labute approximate surface area is 82.6 Å². The number of hydrogen-bond donors (Lipinski definition) is 2. The molecule has 0 saturated carbocycles. The lowest BCUT2D eigenvalue weighted by Gasteiger charge is -2.03. The molecule has 0 fully saturated rings. The fraction of sp³-hybridized carbons (Fsp3) is 0. The summed E-state index contributed by atoms with van der Waals surface area (Å²) in [4.78, 5) is 0. The maximum absolute atomic E-state index is 9.38. The minimum atomic E-state index is 0.198. The highest BCUT2D eigenvalue weighted by Crippen LogP contribution is 2.26. The third kappa shape index (κ3) is 1.69. The summed E-state index contributed by atoms with van der Waals surface area (Å²) in [6.45, 7) is 0. The van der Waals surface area contributed by atoms with Gasteiger partial charge < -0.3 is 10.8 Å². The molecule has 3 N–H and O–H groups in total. The van der Waals surface area contributed by atoms with Crippen molar-refractivity contribution in [2.75, 3.05) is 5.73 Å². The van der Waals surface area contributed by atoms with Crippen molar-refractivity contribution < 1.29 is 5.11 Å². The smallest absolute Gasteiger partial charge is 0.118 e. The van der Waals surface area contributed by atoms with Crippen molar-refractivity contribution >= 4 is 5.69 Å². The SMILES string of the molecule is Nc1cc(O)cc(-c2ccccc2)c1. The number of nitrogen functional groups attached to an aromatic ring is 1. The van der Waals surface area contributed by atoms with Crippen molar-refractivity contribution in [3.8, 4) is 16.9 Å². The zero-order chi connectivity index (χ0) is 9.97. The monoisotopic (exact) mass is 185 g/mol. The van der Waals surface area contributed by atoms with Crippen LogP contribution >= 0.6 is 0 Å². The van der Waals surface area contributed by atoms with Crippen LogP contribution in [0.5, 0.6) is 5.75 Å². The van der Waals surface area contributed by atoms with Crippen LogP contribution < -0.4 is 5.73 Å². The molecule has 2 rings (SSSR count). The molecule has 0 aliphatic heterocycles. The van der Waals surface area contributed by atoms with E-state index in [0.717, 1.165) is 11.1 Å². The number of anilines is 1. The Morgan fingerprint density at radius 1 is 0.857 bits per heavy atom. The van der Waals surface area contributed by atoms with Crippen LogP contribution in [0.1, 0.15) is 0 Å². The van der Waals surface area contributed by atoms with Gasteiger partial charge in [0.15, 0.2) is 0 Å². The van der Waals surface area contributed by atoms with Gasteiger partial charge in [-0.15, -0.1) is 0 Å². The molecule has 2 nitrogen and oxygen atoms in total. The molecule has 0 atom stereocenters. The van der Waals surface area contributed by atoms with E-state index in [2.05, 4.69) is 0 Å². The van der Waals surface area contributed by atoms with Gasteiger partial charge >= 0.3 is 0 Å². The van der Waals surface area contributed by atoms with E-state index in [1.54, 1.807) is 6.07 Å². The molecular formula is C12H11NO. The fourth-order valence-electron chi connectivity index (χ4n) is 1.43. The zero-order valence-corrected chi connectivity index (χ0v) is 7.64. The lowest BCUT2D eigenvalue weighted by Crippen LogP contribution is -1.85. The summed E-state index contributed by atoms with van der Waals surface area (Å²) < 4.78 is 0. The van der Waals surface area contributed by atoms with Crippen LogP contribution in [0.3, 0.4) is 0 Å². The van der Waals surface area contributed by atoms with Crippen molar-refractivity contribution in [2.24, 2.45) is 0 Å². The van der Waals surface area contributed by atoms with Gasteiger partial charge in [-0.2, -0.15) is 0 Å². The summed E-state index contributed by atoms with van der Waals surface area (Å²) >= 11 is 0. The van der Waals surface area contributed by atoms with Gasteiger partial charge in [0.1, 0.15) is 5.75 Å². The molecule has 0 aliphatic rings. The highest BCUT2D eigenvalue weighted by molar-refractivity contribution is 5.69. The number of rotatable bonds is 1. The van der Waals surface area contributed by atoms with E-state index in [9.17, 15) is 5.11 Å². The number of benzene rings is 2. The summed E-state index contributed by atoms with van der Waals surface area (Å²) in [7, 11) is 0. The average Bonchev–Trinajstić information content (AvgIpc) is 2.18. The molecule has 0 spiro atoms. The van der Waals surface area contributed by atoms with Gasteiger partial charge in [-0.05, 0) is 23.3 Å². The fourth-order valence-corrected chi connectivity index (χ4v) is 1.43. The molecule has 0 saturated heterocycles. The summed E-state index contributed by atoms with van der Waals surface area (Å²) in [5.41, 5.74) is 8.19. The molecule has 14 heavy (non-hydrogen) atoms. The van der Waals surface area contributed by atoms with Gasteiger partial charge in [0, 0.05) is 11.8 Å². The number of phenolic OH excluding ortho intramolecular Hbond substituents is 1. The minimum absolute atomic E-state index is 0.198. The van der Waals surface area contributed by atoms with E-state index in [1.165, 1.54) is 6.07 Å². The van der Waals surface area contributed by atoms with Crippen LogP contribution in [0.25, 0.3) is 11.1 Å². The molecule has 0 radical (unpaired) electrons. The summed E-state index contributed by atoms with van der Waals surface area (Å²) in [5.74, 6) is 0.198. The van der Waals surface area contributed by atoms with E-state index in [1.807, 2.05) is 36.4 Å². The van der Waals surface area contributed by atoms with E-state index >= 15 is 0 Å². The van der Waals surface area contributed by atoms with Crippen LogP contribution in [0, 0.1) is 0 Å². The second-order valence-corrected chi connectivity index (χ2v) is 3.18. The highest BCUT2D eigenvalue weighted by atomic mass is 16.3. The molecule has 0 heterocycles. The summed E-state index contributed by atoms with van der Waals surface area (Å²) in [5, 5.41) is 9.38. The predicted octanol–water partition coefficient (Wildman–Crippen LogP) is 2.64. The van der Waals surface area contributed by atoms with Crippen molar-refractivity contribution in [2.45, 2.75) is 0 Å². The first-order valence-corrected chi connectivity index (χ1v) is 4.41. The predicted molar refractivity (Wildman–Crippen MR) is 58.0 cm³/mol. The first-order chi connectivity index (χ1) is 6.75. The Kier molecular flexibility index (Phi) is 2.11. The third-order valence-corrected chi connectivity index (χ3v) is 2.05. The van der Waals surface area contributed by atoms with Gasteiger partial charge in [-0.3, -0.25) is 0 Å². The first kappa shape index (κ1) is 8.63. The normalized spacial score (nSPS) is 10.0. The molecule has 0 aromatic heterocycles. The molecule has 2 aromatic carbocycles. The third-order valence-electron chi connectivity index (χ3n) is 2.05. The average molecular weight is 185 g/mol. The molecule has 0 unspecified atom stereocenters. The van der Waals surface area contributed by atoms with Gasteiger partial charge in [0.2, 0.25) is 0 Å². The largest absolute Gasteiger partial charge is 0.508 e. The highest BCUT2D eigenvalue weighted by Gasteiger charge is 1.99. The standard InChI is InChI=1S/C12H11NO/c13-11-6-10(7-12(14)8-11)9-4-2-1-3-5-9/h1-8,14H,13H2. The molecule has 70 valence electrons. The maximum Gasteiger partial charge on any atom is 0.118 e. The van der Waals surface area contributed by atoms with Crippen LogP contribution in [0.4, 0.5) is 5.69 Å². The Morgan fingerprint density at radius 3 is 2.21 bits per heavy atom. The van der Waals surface area contributed by atoms with E-state index < -0.39 is 0 Å². The number of aromatic hydroxyl groups is 1. The van der Waals surface area contributed by atoms with Gasteiger partial charge in [-0.25, -0.2) is 0 Å². The zero-order valence-electron chi connectivity index (χ0n) is 7.64. The number of phenols is 1. The molecule has 0 aliphatic carbocycles. The van der Waals surface area contributed by atoms with Gasteiger partial charge in [0.25, 0.3) is 0 Å². The number of nitrogens with two attached hydrogens (primary N) is 1. The van der Waals surface area contributed by atoms with Crippen molar-refractivity contribution in [3.05, 3.63) is 48.5 Å². The second kappa shape index (κ2) is 3.42. The Bertz CT molecular complexity index is 417. The van der Waals surface area contributed by atoms with Crippen LogP contribution in [0.15, 0.2) is 48.5 Å². The summed E-state index contributed by atoms with van der Waals surface area (Å²) in [6.07, 6.45) is 0. The van der Waals surface area contributed by atoms with Crippen molar-refractivity contribution in [1.82, 2.24) is 0 Å². The Morgan fingerprint density at radius 2 is 1.57 bits per heavy atom. The number of hydrogen-bond acceptors (Lipinski definition) is 2. The maximum atomic E-state index is 9.38. The van der Waals surface area contributed by atoms with Crippen molar-refractivity contribution in [1.29, 1.82) is 0 Å². The Hall–Kier alpha value is -1.96. The van der Waals surface area contributed by atoms with E-state index in [0.29, 0.717) is 5.69 Å². The lowest BCUT2D eigenvalue weighted by molar-refractivity contribution is 0.476. The van der Waals surface area contributed by atoms with Crippen LogP contribution in [-0.2, 0) is 0 Å². The minimum Gasteiger partial charge on any atom is -0.508 e.